The van der Waals surface area contributed by atoms with Crippen LogP contribution in [-0.4, -0.2) is 37.9 Å². The highest BCUT2D eigenvalue weighted by molar-refractivity contribution is 8.14. The molecule has 4 aliphatic carbocycles. The van der Waals surface area contributed by atoms with Gasteiger partial charge >= 0.3 is 5.97 Å². The maximum Gasteiger partial charge on any atom is 0.303 e. The van der Waals surface area contributed by atoms with Crippen LogP contribution < -0.4 is 0 Å². The quantitative estimate of drug-likeness (QED) is 0.715. The van der Waals surface area contributed by atoms with Gasteiger partial charge in [-0.2, -0.15) is 0 Å². The molecule has 2 N–H and O–H groups in total. The standard InChI is InChI=1S/C23H32O5S/c1-13(24)29-19-12-14-11-15(25)3-4-16(14)17-5-8-22(2)18(21(17)19)6-9-23(22,28)10-7-20(26)27/h11,16-19,21,28H,3-10,12H2,1-2H3,(H,26,27)/t16-,17+,18-,19+,21+,22-,23+/m0/s1. The molecule has 0 aromatic carbocycles. The number of aliphatic hydroxyl groups is 1. The normalized spacial score (nSPS) is 43.8. The molecule has 0 heterocycles. The highest BCUT2D eigenvalue weighted by atomic mass is 32.2. The van der Waals surface area contributed by atoms with E-state index in [2.05, 4.69) is 6.92 Å². The molecule has 29 heavy (non-hydrogen) atoms. The van der Waals surface area contributed by atoms with E-state index in [1.165, 1.54) is 17.3 Å². The Morgan fingerprint density at radius 1 is 1.24 bits per heavy atom. The monoisotopic (exact) mass is 420 g/mol. The number of rotatable bonds is 4. The lowest BCUT2D eigenvalue weighted by atomic mass is 9.50. The topological polar surface area (TPSA) is 91.7 Å². The molecule has 3 saturated carbocycles. The molecular weight excluding hydrogens is 388 g/mol. The third kappa shape index (κ3) is 3.50. The van der Waals surface area contributed by atoms with E-state index in [0.717, 1.165) is 32.1 Å². The molecule has 0 aromatic rings. The van der Waals surface area contributed by atoms with Crippen molar-refractivity contribution in [3.05, 3.63) is 11.6 Å². The van der Waals surface area contributed by atoms with Crippen LogP contribution >= 0.6 is 11.8 Å². The lowest BCUT2D eigenvalue weighted by Crippen LogP contribution is -2.55. The highest BCUT2D eigenvalue weighted by Crippen LogP contribution is 2.66. The first-order valence-electron chi connectivity index (χ1n) is 11.0. The Balaban J connectivity index is 1.67. The summed E-state index contributed by atoms with van der Waals surface area (Å²) in [5, 5.41) is 21.0. The van der Waals surface area contributed by atoms with Gasteiger partial charge < -0.3 is 10.2 Å². The van der Waals surface area contributed by atoms with Crippen LogP contribution in [-0.2, 0) is 14.4 Å². The van der Waals surface area contributed by atoms with Crippen LogP contribution in [0.15, 0.2) is 11.6 Å². The average molecular weight is 421 g/mol. The van der Waals surface area contributed by atoms with Crippen LogP contribution in [0.25, 0.3) is 0 Å². The summed E-state index contributed by atoms with van der Waals surface area (Å²) >= 11 is 1.42. The van der Waals surface area contributed by atoms with Gasteiger partial charge in [-0.3, -0.25) is 14.4 Å². The fourth-order valence-electron chi connectivity index (χ4n) is 7.33. The van der Waals surface area contributed by atoms with Gasteiger partial charge in [0, 0.05) is 25.0 Å². The molecule has 7 atom stereocenters. The molecule has 0 amide bonds. The number of carboxylic acids is 1. The summed E-state index contributed by atoms with van der Waals surface area (Å²) in [6, 6.07) is 0. The van der Waals surface area contributed by atoms with Crippen molar-refractivity contribution >= 4 is 28.6 Å². The first kappa shape index (κ1) is 21.1. The van der Waals surface area contributed by atoms with Crippen molar-refractivity contribution in [2.24, 2.45) is 29.1 Å². The zero-order valence-corrected chi connectivity index (χ0v) is 18.2. The first-order valence-corrected chi connectivity index (χ1v) is 11.9. The molecule has 0 saturated heterocycles. The number of allylic oxidation sites excluding steroid dienone is 1. The third-order valence-electron chi connectivity index (χ3n) is 8.68. The fraction of sp³-hybridized carbons (Fsp3) is 0.783. The van der Waals surface area contributed by atoms with Crippen LogP contribution in [0, 0.1) is 29.1 Å². The minimum Gasteiger partial charge on any atom is -0.481 e. The molecule has 160 valence electrons. The number of ketones is 1. The van der Waals surface area contributed by atoms with E-state index < -0.39 is 11.6 Å². The third-order valence-corrected chi connectivity index (χ3v) is 9.80. The summed E-state index contributed by atoms with van der Waals surface area (Å²) in [6.45, 7) is 3.78. The molecule has 6 heteroatoms. The van der Waals surface area contributed by atoms with Gasteiger partial charge in [0.2, 0.25) is 0 Å². The van der Waals surface area contributed by atoms with E-state index in [1.807, 2.05) is 6.08 Å². The number of hydrogen-bond donors (Lipinski definition) is 2. The van der Waals surface area contributed by atoms with Crippen LogP contribution in [0.1, 0.15) is 71.6 Å². The molecular formula is C23H32O5S. The number of hydrogen-bond acceptors (Lipinski definition) is 5. The molecule has 0 radical (unpaired) electrons. The molecule has 0 spiro atoms. The van der Waals surface area contributed by atoms with Gasteiger partial charge in [-0.15, -0.1) is 0 Å². The predicted molar refractivity (Wildman–Crippen MR) is 111 cm³/mol. The van der Waals surface area contributed by atoms with Crippen molar-refractivity contribution < 1.29 is 24.6 Å². The number of aliphatic carboxylic acids is 1. The SMILES string of the molecule is CC(=O)S[C@@H]1CC2=CC(=O)CC[C@@H]2[C@H]2CC[C@@]3(C)[C@@H](CC[C@@]3(O)CCC(=O)O)[C@@H]21. The zero-order valence-electron chi connectivity index (χ0n) is 17.4. The number of thioether (sulfide) groups is 1. The number of carboxylic acid groups (broad SMARTS) is 1. The van der Waals surface area contributed by atoms with Crippen molar-refractivity contribution in [3.8, 4) is 0 Å². The van der Waals surface area contributed by atoms with E-state index in [-0.39, 0.29) is 28.0 Å². The van der Waals surface area contributed by atoms with E-state index in [1.54, 1.807) is 6.92 Å². The zero-order chi connectivity index (χ0) is 21.0. The minimum atomic E-state index is -0.939. The van der Waals surface area contributed by atoms with Gasteiger partial charge in [-0.25, -0.2) is 0 Å². The van der Waals surface area contributed by atoms with E-state index >= 15 is 0 Å². The van der Waals surface area contributed by atoms with Crippen molar-refractivity contribution in [2.45, 2.75) is 82.5 Å². The number of carbonyl (C=O) groups is 3. The summed E-state index contributed by atoms with van der Waals surface area (Å²) < 4.78 is 0. The van der Waals surface area contributed by atoms with Crippen LogP contribution in [0.4, 0.5) is 0 Å². The molecule has 4 aliphatic rings. The smallest absolute Gasteiger partial charge is 0.303 e. The largest absolute Gasteiger partial charge is 0.481 e. The van der Waals surface area contributed by atoms with Crippen molar-refractivity contribution in [3.63, 3.8) is 0 Å². The van der Waals surface area contributed by atoms with E-state index in [9.17, 15) is 19.5 Å². The van der Waals surface area contributed by atoms with Crippen molar-refractivity contribution in [1.29, 1.82) is 0 Å². The van der Waals surface area contributed by atoms with Gasteiger partial charge in [-0.1, -0.05) is 24.3 Å². The first-order chi connectivity index (χ1) is 13.6. The molecule has 0 bridgehead atoms. The predicted octanol–water partition coefficient (Wildman–Crippen LogP) is 3.98. The Labute approximate surface area is 176 Å². The lowest BCUT2D eigenvalue weighted by molar-refractivity contribution is -0.144. The molecule has 5 nitrogen and oxygen atoms in total. The second-order valence-electron chi connectivity index (χ2n) is 9.95. The van der Waals surface area contributed by atoms with Crippen LogP contribution in [0.2, 0.25) is 0 Å². The second kappa shape index (κ2) is 7.52. The Morgan fingerprint density at radius 3 is 2.69 bits per heavy atom. The van der Waals surface area contributed by atoms with Gasteiger partial charge in [0.05, 0.1) is 5.60 Å². The number of carbonyl (C=O) groups excluding carboxylic acids is 2. The number of fused-ring (bicyclic) bond motifs is 5. The van der Waals surface area contributed by atoms with Crippen LogP contribution in [0.5, 0.6) is 0 Å². The van der Waals surface area contributed by atoms with Crippen LogP contribution in [0.3, 0.4) is 0 Å². The van der Waals surface area contributed by atoms with Gasteiger partial charge in [0.25, 0.3) is 0 Å². The molecule has 0 aliphatic heterocycles. The summed E-state index contributed by atoms with van der Waals surface area (Å²) in [5.74, 6) is 0.890. The van der Waals surface area contributed by atoms with Gasteiger partial charge in [0.1, 0.15) is 0 Å². The maximum atomic E-state index is 12.0. The molecule has 0 aromatic heterocycles. The van der Waals surface area contributed by atoms with Gasteiger partial charge in [-0.05, 0) is 80.1 Å². The lowest BCUT2D eigenvalue weighted by Gasteiger charge is -2.57. The Hall–Kier alpha value is -1.14. The summed E-state index contributed by atoms with van der Waals surface area (Å²) in [7, 11) is 0. The summed E-state index contributed by atoms with van der Waals surface area (Å²) in [5.41, 5.74) is -0.000241. The Bertz CT molecular complexity index is 760. The summed E-state index contributed by atoms with van der Waals surface area (Å²) in [6.07, 6.45) is 7.90. The Morgan fingerprint density at radius 2 is 2.00 bits per heavy atom. The molecule has 4 rings (SSSR count). The average Bonchev–Trinajstić information content (AvgIpc) is 2.91. The summed E-state index contributed by atoms with van der Waals surface area (Å²) in [4.78, 5) is 35.2. The maximum absolute atomic E-state index is 12.0. The highest BCUT2D eigenvalue weighted by Gasteiger charge is 2.63. The van der Waals surface area contributed by atoms with E-state index in [4.69, 9.17) is 5.11 Å². The second-order valence-corrected chi connectivity index (χ2v) is 11.4. The fourth-order valence-corrected chi connectivity index (χ4v) is 8.59. The Kier molecular flexibility index (Phi) is 5.48. The van der Waals surface area contributed by atoms with Crippen molar-refractivity contribution in [1.82, 2.24) is 0 Å². The van der Waals surface area contributed by atoms with Crippen molar-refractivity contribution in [2.75, 3.05) is 0 Å². The minimum absolute atomic E-state index is 0.00382. The molecule has 3 fully saturated rings. The van der Waals surface area contributed by atoms with E-state index in [0.29, 0.717) is 42.9 Å². The van der Waals surface area contributed by atoms with Gasteiger partial charge in [0.15, 0.2) is 10.9 Å². The molecule has 0 unspecified atom stereocenters.